The van der Waals surface area contributed by atoms with E-state index in [2.05, 4.69) is 66.8 Å². The summed E-state index contributed by atoms with van der Waals surface area (Å²) in [6.45, 7) is 10.0. The molecule has 0 bridgehead atoms. The Labute approximate surface area is 264 Å². The first-order valence-electron chi connectivity index (χ1n) is 15.1. The Bertz CT molecular complexity index is 1370. The third-order valence-electron chi connectivity index (χ3n) is 9.19. The molecule has 0 N–H and O–H groups in total. The molecule has 9 heteroatoms. The summed E-state index contributed by atoms with van der Waals surface area (Å²) in [7, 11) is 2.16. The van der Waals surface area contributed by atoms with E-state index in [1.54, 1.807) is 0 Å². The molecule has 0 spiro atoms. The predicted molar refractivity (Wildman–Crippen MR) is 173 cm³/mol. The van der Waals surface area contributed by atoms with E-state index in [0.717, 1.165) is 72.2 Å². The SMILES string of the molecule is CC(C)C1=C(C(=O)N2CCC[C@H]2COC2CCN(C)CC2)SC2=N[C@@](C)(c3ccc(Cl)cc3)[C@@H](c3ccc(Cl)cc3)N21. The summed E-state index contributed by atoms with van der Waals surface area (Å²) in [5.74, 6) is 0.237. The van der Waals surface area contributed by atoms with E-state index in [-0.39, 0.29) is 30.0 Å². The second-order valence-electron chi connectivity index (χ2n) is 12.5. The summed E-state index contributed by atoms with van der Waals surface area (Å²) in [4.78, 5) is 27.2. The lowest BCUT2D eigenvalue weighted by atomic mass is 9.81. The molecule has 0 unspecified atom stereocenters. The van der Waals surface area contributed by atoms with Gasteiger partial charge in [-0.2, -0.15) is 0 Å². The number of halogens is 2. The number of carbonyl (C=O) groups excluding carboxylic acids is 1. The number of carbonyl (C=O) groups is 1. The normalized spacial score (nSPS) is 26.9. The number of likely N-dealkylation sites (tertiary alicyclic amines) is 2. The van der Waals surface area contributed by atoms with E-state index in [0.29, 0.717) is 16.7 Å². The lowest BCUT2D eigenvalue weighted by Crippen LogP contribution is -2.41. The standard InChI is InChI=1S/C33H40Cl2N4O2S/c1-21(2)28-29(31(40)38-17-5-6-26(38)20-41-27-15-18-37(4)19-16-27)42-32-36-33(3,23-9-13-25(35)14-10-23)30(39(28)32)22-7-11-24(34)12-8-22/h7-14,21,26-27,30H,5-6,15-20H2,1-4H3/t26-,30+,33-/m0/s1. The highest BCUT2D eigenvalue weighted by Crippen LogP contribution is 2.56. The molecule has 4 aliphatic heterocycles. The van der Waals surface area contributed by atoms with Gasteiger partial charge in [0.05, 0.1) is 24.8 Å². The van der Waals surface area contributed by atoms with Crippen LogP contribution in [0.4, 0.5) is 0 Å². The van der Waals surface area contributed by atoms with Crippen LogP contribution in [0.1, 0.15) is 63.6 Å². The predicted octanol–water partition coefficient (Wildman–Crippen LogP) is 7.34. The number of benzene rings is 2. The largest absolute Gasteiger partial charge is 0.376 e. The van der Waals surface area contributed by atoms with E-state index in [1.165, 1.54) is 11.8 Å². The summed E-state index contributed by atoms with van der Waals surface area (Å²) in [6, 6.07) is 16.0. The zero-order valence-electron chi connectivity index (χ0n) is 24.9. The van der Waals surface area contributed by atoms with E-state index in [4.69, 9.17) is 32.9 Å². The molecule has 3 atom stereocenters. The Kier molecular flexibility index (Phi) is 8.69. The minimum atomic E-state index is -0.576. The lowest BCUT2D eigenvalue weighted by molar-refractivity contribution is -0.129. The molecule has 2 saturated heterocycles. The number of amidine groups is 1. The fourth-order valence-corrected chi connectivity index (χ4v) is 8.49. The molecule has 6 rings (SSSR count). The van der Waals surface area contributed by atoms with Gasteiger partial charge in [0.15, 0.2) is 5.17 Å². The van der Waals surface area contributed by atoms with Crippen molar-refractivity contribution in [2.24, 2.45) is 10.9 Å². The van der Waals surface area contributed by atoms with Gasteiger partial charge in [-0.3, -0.25) is 4.79 Å². The molecule has 0 saturated carbocycles. The van der Waals surface area contributed by atoms with Gasteiger partial charge in [0.2, 0.25) is 0 Å². The number of allylic oxidation sites excluding steroid dienone is 1. The zero-order valence-corrected chi connectivity index (χ0v) is 27.2. The van der Waals surface area contributed by atoms with Crippen LogP contribution in [-0.4, -0.2) is 71.2 Å². The number of nitrogens with zero attached hydrogens (tertiary/aromatic N) is 4. The van der Waals surface area contributed by atoms with Gasteiger partial charge in [-0.1, -0.05) is 61.3 Å². The third-order valence-corrected chi connectivity index (χ3v) is 10.8. The van der Waals surface area contributed by atoms with Gasteiger partial charge >= 0.3 is 0 Å². The Morgan fingerprint density at radius 2 is 1.67 bits per heavy atom. The highest BCUT2D eigenvalue weighted by molar-refractivity contribution is 8.18. The smallest absolute Gasteiger partial charge is 0.262 e. The van der Waals surface area contributed by atoms with Gasteiger partial charge in [0, 0.05) is 35.4 Å². The molecular weight excluding hydrogens is 587 g/mol. The van der Waals surface area contributed by atoms with Crippen molar-refractivity contribution < 1.29 is 9.53 Å². The quantitative estimate of drug-likeness (QED) is 0.322. The molecule has 6 nitrogen and oxygen atoms in total. The molecule has 0 aromatic heterocycles. The molecule has 1 amide bonds. The Hall–Kier alpha value is -2.03. The van der Waals surface area contributed by atoms with Crippen LogP contribution in [0.3, 0.4) is 0 Å². The number of aliphatic imine (C=N–C) groups is 1. The number of fused-ring (bicyclic) bond motifs is 1. The molecule has 224 valence electrons. The Morgan fingerprint density at radius 1 is 1.02 bits per heavy atom. The van der Waals surface area contributed by atoms with Crippen molar-refractivity contribution in [1.29, 1.82) is 0 Å². The second-order valence-corrected chi connectivity index (χ2v) is 14.3. The molecule has 2 aromatic carbocycles. The number of piperidine rings is 1. The molecule has 4 aliphatic rings. The molecule has 0 radical (unpaired) electrons. The minimum absolute atomic E-state index is 0.110. The highest BCUT2D eigenvalue weighted by Gasteiger charge is 2.53. The van der Waals surface area contributed by atoms with Crippen LogP contribution in [0.2, 0.25) is 10.0 Å². The van der Waals surface area contributed by atoms with Crippen LogP contribution in [0.5, 0.6) is 0 Å². The monoisotopic (exact) mass is 626 g/mol. The molecular formula is C33H40Cl2N4O2S. The van der Waals surface area contributed by atoms with Crippen molar-refractivity contribution in [3.05, 3.63) is 80.3 Å². The average molecular weight is 628 g/mol. The van der Waals surface area contributed by atoms with Crippen LogP contribution < -0.4 is 0 Å². The maximum atomic E-state index is 14.3. The first-order valence-corrected chi connectivity index (χ1v) is 16.7. The topological polar surface area (TPSA) is 48.4 Å². The minimum Gasteiger partial charge on any atom is -0.376 e. The molecule has 42 heavy (non-hydrogen) atoms. The molecule has 4 heterocycles. The number of rotatable bonds is 7. The van der Waals surface area contributed by atoms with Crippen LogP contribution in [0.15, 0.2) is 64.1 Å². The van der Waals surface area contributed by atoms with Crippen LogP contribution in [0, 0.1) is 5.92 Å². The van der Waals surface area contributed by atoms with Crippen molar-refractivity contribution in [1.82, 2.24) is 14.7 Å². The van der Waals surface area contributed by atoms with Gasteiger partial charge in [0.25, 0.3) is 5.91 Å². The Morgan fingerprint density at radius 3 is 2.31 bits per heavy atom. The van der Waals surface area contributed by atoms with Crippen molar-refractivity contribution in [3.8, 4) is 0 Å². The average Bonchev–Trinajstić information content (AvgIpc) is 3.66. The molecule has 0 aliphatic carbocycles. The molecule has 2 aromatic rings. The third kappa shape index (κ3) is 5.63. The highest BCUT2D eigenvalue weighted by atomic mass is 35.5. The van der Waals surface area contributed by atoms with Crippen molar-refractivity contribution >= 4 is 46.0 Å². The summed E-state index contributed by atoms with van der Waals surface area (Å²) >= 11 is 14.1. The summed E-state index contributed by atoms with van der Waals surface area (Å²) < 4.78 is 6.38. The summed E-state index contributed by atoms with van der Waals surface area (Å²) in [6.07, 6.45) is 4.40. The van der Waals surface area contributed by atoms with Crippen molar-refractivity contribution in [3.63, 3.8) is 0 Å². The van der Waals surface area contributed by atoms with Gasteiger partial charge < -0.3 is 19.4 Å². The van der Waals surface area contributed by atoms with Gasteiger partial charge in [0.1, 0.15) is 10.4 Å². The fourth-order valence-electron chi connectivity index (χ4n) is 6.87. The Balaban J connectivity index is 1.31. The number of ether oxygens (including phenoxy) is 1. The van der Waals surface area contributed by atoms with Crippen molar-refractivity contribution in [2.45, 2.75) is 70.2 Å². The van der Waals surface area contributed by atoms with Gasteiger partial charge in [-0.25, -0.2) is 4.99 Å². The van der Waals surface area contributed by atoms with E-state index in [1.807, 2.05) is 24.3 Å². The number of hydrogen-bond donors (Lipinski definition) is 0. The zero-order chi connectivity index (χ0) is 29.6. The van der Waals surface area contributed by atoms with Crippen LogP contribution >= 0.6 is 35.0 Å². The fraction of sp³-hybridized carbons (Fsp3) is 0.515. The first kappa shape index (κ1) is 30.0. The van der Waals surface area contributed by atoms with Gasteiger partial charge in [-0.15, -0.1) is 0 Å². The number of amides is 1. The second kappa shape index (κ2) is 12.2. The van der Waals surface area contributed by atoms with Crippen molar-refractivity contribution in [2.75, 3.05) is 33.3 Å². The summed E-state index contributed by atoms with van der Waals surface area (Å²) in [5, 5.41) is 2.26. The first-order chi connectivity index (χ1) is 20.2. The lowest BCUT2D eigenvalue weighted by Gasteiger charge is -2.37. The van der Waals surface area contributed by atoms with Gasteiger partial charge in [-0.05, 0) is 92.7 Å². The molecule has 2 fully saturated rings. The van der Waals surface area contributed by atoms with E-state index >= 15 is 0 Å². The number of thioether (sulfide) groups is 1. The maximum Gasteiger partial charge on any atom is 0.262 e. The maximum absolute atomic E-state index is 14.3. The van der Waals surface area contributed by atoms with E-state index in [9.17, 15) is 4.79 Å². The summed E-state index contributed by atoms with van der Waals surface area (Å²) in [5.41, 5.74) is 2.65. The number of hydrogen-bond acceptors (Lipinski definition) is 6. The van der Waals surface area contributed by atoms with E-state index < -0.39 is 5.54 Å². The van der Waals surface area contributed by atoms with Crippen LogP contribution in [0.25, 0.3) is 0 Å². The van der Waals surface area contributed by atoms with Crippen LogP contribution in [-0.2, 0) is 15.1 Å².